The third-order valence-corrected chi connectivity index (χ3v) is 3.61. The predicted molar refractivity (Wildman–Crippen MR) is 88.1 cm³/mol. The molecule has 1 aromatic rings. The molecule has 0 aliphatic carbocycles. The summed E-state index contributed by atoms with van der Waals surface area (Å²) in [6.45, 7) is 9.64. The highest BCUT2D eigenvalue weighted by atomic mass is 35.5. The standard InChI is InChI=1S/C16H26ClN3O/c1-7-20(12(4)10-19(5)6)16(21)13-8-14(11(2)3)18-15(17)9-13/h8-9,11-12H,7,10H2,1-6H3. The molecule has 1 atom stereocenters. The molecule has 1 unspecified atom stereocenters. The Morgan fingerprint density at radius 3 is 2.38 bits per heavy atom. The lowest BCUT2D eigenvalue weighted by atomic mass is 10.1. The number of amides is 1. The maximum absolute atomic E-state index is 12.7. The third-order valence-electron chi connectivity index (χ3n) is 3.42. The van der Waals surface area contributed by atoms with Crippen LogP contribution in [0.2, 0.25) is 5.15 Å². The number of halogens is 1. The second-order valence-corrected chi connectivity index (χ2v) is 6.35. The SMILES string of the molecule is CCN(C(=O)c1cc(Cl)nc(C(C)C)c1)C(C)CN(C)C. The molecule has 21 heavy (non-hydrogen) atoms. The number of pyridine rings is 1. The first kappa shape index (κ1) is 17.9. The lowest BCUT2D eigenvalue weighted by molar-refractivity contribution is 0.0679. The molecule has 0 spiro atoms. The van der Waals surface area contributed by atoms with Crippen molar-refractivity contribution >= 4 is 17.5 Å². The van der Waals surface area contributed by atoms with Crippen LogP contribution in [0.5, 0.6) is 0 Å². The van der Waals surface area contributed by atoms with Crippen LogP contribution >= 0.6 is 11.6 Å². The fraction of sp³-hybridized carbons (Fsp3) is 0.625. The molecule has 0 fully saturated rings. The zero-order valence-corrected chi connectivity index (χ0v) is 14.6. The molecule has 4 nitrogen and oxygen atoms in total. The van der Waals surface area contributed by atoms with E-state index in [-0.39, 0.29) is 17.9 Å². The van der Waals surface area contributed by atoms with Gasteiger partial charge in [0.05, 0.1) is 0 Å². The fourth-order valence-corrected chi connectivity index (χ4v) is 2.60. The largest absolute Gasteiger partial charge is 0.335 e. The van der Waals surface area contributed by atoms with E-state index in [1.807, 2.05) is 45.8 Å². The second kappa shape index (κ2) is 7.76. The van der Waals surface area contributed by atoms with Gasteiger partial charge in [-0.1, -0.05) is 25.4 Å². The number of hydrogen-bond donors (Lipinski definition) is 0. The fourth-order valence-electron chi connectivity index (χ4n) is 2.38. The Balaban J connectivity index is 3.05. The minimum absolute atomic E-state index is 0.0121. The summed E-state index contributed by atoms with van der Waals surface area (Å²) in [5.41, 5.74) is 1.47. The van der Waals surface area contributed by atoms with Gasteiger partial charge >= 0.3 is 0 Å². The van der Waals surface area contributed by atoms with Crippen molar-refractivity contribution < 1.29 is 4.79 Å². The summed E-state index contributed by atoms with van der Waals surface area (Å²) in [7, 11) is 4.02. The summed E-state index contributed by atoms with van der Waals surface area (Å²) in [4.78, 5) is 21.0. The van der Waals surface area contributed by atoms with Crippen molar-refractivity contribution in [3.8, 4) is 0 Å². The van der Waals surface area contributed by atoms with Crippen molar-refractivity contribution in [1.29, 1.82) is 0 Å². The first-order valence-corrected chi connectivity index (χ1v) is 7.77. The molecule has 0 saturated heterocycles. The van der Waals surface area contributed by atoms with Gasteiger partial charge in [0, 0.05) is 30.4 Å². The number of carbonyl (C=O) groups excluding carboxylic acids is 1. The summed E-state index contributed by atoms with van der Waals surface area (Å²) in [5.74, 6) is 0.252. The van der Waals surface area contributed by atoms with Crippen molar-refractivity contribution in [3.63, 3.8) is 0 Å². The highest BCUT2D eigenvalue weighted by Gasteiger charge is 2.21. The number of rotatable bonds is 6. The minimum atomic E-state index is 0.0121. The predicted octanol–water partition coefficient (Wildman–Crippen LogP) is 3.27. The van der Waals surface area contributed by atoms with E-state index < -0.39 is 0 Å². The second-order valence-electron chi connectivity index (χ2n) is 5.96. The molecule has 0 aliphatic rings. The van der Waals surface area contributed by atoms with E-state index in [2.05, 4.69) is 16.8 Å². The molecule has 118 valence electrons. The molecule has 5 heteroatoms. The van der Waals surface area contributed by atoms with Gasteiger partial charge in [-0.2, -0.15) is 0 Å². The average Bonchev–Trinajstić information content (AvgIpc) is 2.37. The van der Waals surface area contributed by atoms with E-state index in [9.17, 15) is 4.79 Å². The topological polar surface area (TPSA) is 36.4 Å². The lowest BCUT2D eigenvalue weighted by Gasteiger charge is -2.30. The number of hydrogen-bond acceptors (Lipinski definition) is 3. The van der Waals surface area contributed by atoms with Crippen LogP contribution in [-0.4, -0.2) is 53.9 Å². The Morgan fingerprint density at radius 1 is 1.29 bits per heavy atom. The Kier molecular flexibility index (Phi) is 6.62. The molecule has 1 heterocycles. The zero-order valence-electron chi connectivity index (χ0n) is 13.9. The lowest BCUT2D eigenvalue weighted by Crippen LogP contribution is -2.43. The van der Waals surface area contributed by atoms with E-state index >= 15 is 0 Å². The molecule has 0 radical (unpaired) electrons. The van der Waals surface area contributed by atoms with Crippen LogP contribution < -0.4 is 0 Å². The maximum atomic E-state index is 12.7. The van der Waals surface area contributed by atoms with Gasteiger partial charge in [-0.3, -0.25) is 4.79 Å². The summed E-state index contributed by atoms with van der Waals surface area (Å²) in [5, 5.41) is 0.376. The first-order chi connectivity index (χ1) is 9.76. The van der Waals surface area contributed by atoms with E-state index in [4.69, 9.17) is 11.6 Å². The average molecular weight is 312 g/mol. The molecule has 1 rings (SSSR count). The van der Waals surface area contributed by atoms with Crippen LogP contribution in [0, 0.1) is 0 Å². The minimum Gasteiger partial charge on any atom is -0.335 e. The number of likely N-dealkylation sites (N-methyl/N-ethyl adjacent to an activating group) is 2. The van der Waals surface area contributed by atoms with Crippen molar-refractivity contribution in [2.75, 3.05) is 27.2 Å². The van der Waals surface area contributed by atoms with Gasteiger partial charge in [-0.05, 0) is 46.0 Å². The molecule has 0 bridgehead atoms. The van der Waals surface area contributed by atoms with Gasteiger partial charge in [0.1, 0.15) is 5.15 Å². The quantitative estimate of drug-likeness (QED) is 0.757. The molecular weight excluding hydrogens is 286 g/mol. The van der Waals surface area contributed by atoms with Crippen LogP contribution in [0.3, 0.4) is 0 Å². The van der Waals surface area contributed by atoms with E-state index in [1.165, 1.54) is 0 Å². The maximum Gasteiger partial charge on any atom is 0.254 e. The number of aromatic nitrogens is 1. The number of carbonyl (C=O) groups is 1. The first-order valence-electron chi connectivity index (χ1n) is 7.39. The van der Waals surface area contributed by atoms with Crippen LogP contribution in [0.15, 0.2) is 12.1 Å². The van der Waals surface area contributed by atoms with E-state index in [0.717, 1.165) is 12.2 Å². The Labute approximate surface area is 133 Å². The van der Waals surface area contributed by atoms with Gasteiger partial charge in [-0.15, -0.1) is 0 Å². The van der Waals surface area contributed by atoms with Crippen LogP contribution in [0.25, 0.3) is 0 Å². The smallest absolute Gasteiger partial charge is 0.254 e. The van der Waals surface area contributed by atoms with E-state index in [0.29, 0.717) is 17.3 Å². The van der Waals surface area contributed by atoms with Crippen molar-refractivity contribution in [2.45, 2.75) is 39.7 Å². The monoisotopic (exact) mass is 311 g/mol. The summed E-state index contributed by atoms with van der Waals surface area (Å²) in [6.07, 6.45) is 0. The molecule has 1 aromatic heterocycles. The van der Waals surface area contributed by atoms with Crippen LogP contribution in [-0.2, 0) is 0 Å². The molecule has 0 aromatic carbocycles. The normalized spacial score (nSPS) is 12.8. The van der Waals surface area contributed by atoms with Gasteiger partial charge in [0.25, 0.3) is 5.91 Å². The molecule has 0 aliphatic heterocycles. The summed E-state index contributed by atoms with van der Waals surface area (Å²) < 4.78 is 0. The van der Waals surface area contributed by atoms with Crippen LogP contribution in [0.1, 0.15) is 49.7 Å². The number of nitrogens with zero attached hydrogens (tertiary/aromatic N) is 3. The Morgan fingerprint density at radius 2 is 1.90 bits per heavy atom. The Hall–Kier alpha value is -1.13. The van der Waals surface area contributed by atoms with E-state index in [1.54, 1.807) is 6.07 Å². The van der Waals surface area contributed by atoms with Crippen LogP contribution in [0.4, 0.5) is 0 Å². The van der Waals surface area contributed by atoms with Gasteiger partial charge in [0.15, 0.2) is 0 Å². The van der Waals surface area contributed by atoms with Crippen molar-refractivity contribution in [1.82, 2.24) is 14.8 Å². The molecule has 1 amide bonds. The molecular formula is C16H26ClN3O. The van der Waals surface area contributed by atoms with Gasteiger partial charge < -0.3 is 9.80 Å². The summed E-state index contributed by atoms with van der Waals surface area (Å²) in [6, 6.07) is 3.65. The highest BCUT2D eigenvalue weighted by molar-refractivity contribution is 6.29. The highest BCUT2D eigenvalue weighted by Crippen LogP contribution is 2.19. The summed E-state index contributed by atoms with van der Waals surface area (Å²) >= 11 is 6.06. The van der Waals surface area contributed by atoms with Gasteiger partial charge in [-0.25, -0.2) is 4.98 Å². The molecule has 0 N–H and O–H groups in total. The molecule has 0 saturated carbocycles. The van der Waals surface area contributed by atoms with Crippen molar-refractivity contribution in [2.24, 2.45) is 0 Å². The third kappa shape index (κ3) is 4.97. The van der Waals surface area contributed by atoms with Crippen molar-refractivity contribution in [3.05, 3.63) is 28.5 Å². The Bertz CT molecular complexity index is 488. The van der Waals surface area contributed by atoms with Gasteiger partial charge in [0.2, 0.25) is 0 Å². The zero-order chi connectivity index (χ0) is 16.2.